The predicted molar refractivity (Wildman–Crippen MR) is 82.9 cm³/mol. The van der Waals surface area contributed by atoms with E-state index in [1.807, 2.05) is 27.7 Å². The van der Waals surface area contributed by atoms with E-state index in [4.69, 9.17) is 28.4 Å². The normalized spacial score (nSPS) is 41.3. The van der Waals surface area contributed by atoms with Gasteiger partial charge in [-0.3, -0.25) is 0 Å². The van der Waals surface area contributed by atoms with Crippen molar-refractivity contribution >= 4 is 0 Å². The predicted octanol–water partition coefficient (Wildman–Crippen LogP) is 2.59. The van der Waals surface area contributed by atoms with Crippen molar-refractivity contribution in [3.63, 3.8) is 0 Å². The third-order valence-corrected chi connectivity index (χ3v) is 4.48. The van der Waals surface area contributed by atoms with Crippen LogP contribution in [-0.2, 0) is 28.4 Å². The van der Waals surface area contributed by atoms with Crippen molar-refractivity contribution in [1.82, 2.24) is 0 Å². The van der Waals surface area contributed by atoms with Crippen molar-refractivity contribution in [2.24, 2.45) is 0 Å². The van der Waals surface area contributed by atoms with Crippen LogP contribution in [0.5, 0.6) is 0 Å². The second-order valence-corrected chi connectivity index (χ2v) is 7.48. The maximum Gasteiger partial charge on any atom is 0.190 e. The minimum Gasteiger partial charge on any atom is -0.372 e. The molecule has 0 aliphatic carbocycles. The van der Waals surface area contributed by atoms with E-state index in [2.05, 4.69) is 6.92 Å². The molecule has 0 radical (unpaired) electrons. The second kappa shape index (κ2) is 6.58. The van der Waals surface area contributed by atoms with Crippen LogP contribution in [0.4, 0.5) is 0 Å². The lowest BCUT2D eigenvalue weighted by molar-refractivity contribution is -0.236. The SMILES string of the molecule is CCCCCO[C@H]1[C@@H]2OC(C)(C)O[C@H]2O[C@H]1[C@@H]1COC(C)(C)O1. The van der Waals surface area contributed by atoms with Gasteiger partial charge in [0.05, 0.1) is 6.61 Å². The number of hydrogen-bond donors (Lipinski definition) is 0. The average Bonchev–Trinajstić information content (AvgIpc) is 3.05. The van der Waals surface area contributed by atoms with Crippen LogP contribution in [-0.4, -0.2) is 55.5 Å². The molecule has 0 amide bonds. The monoisotopic (exact) mass is 330 g/mol. The van der Waals surface area contributed by atoms with E-state index in [1.54, 1.807) is 0 Å². The van der Waals surface area contributed by atoms with Gasteiger partial charge < -0.3 is 28.4 Å². The maximum atomic E-state index is 6.14. The fourth-order valence-corrected chi connectivity index (χ4v) is 3.44. The first-order valence-corrected chi connectivity index (χ1v) is 8.76. The molecule has 6 heteroatoms. The standard InChI is InChI=1S/C17H30O6/c1-6-7-8-9-18-13-12(11-10-19-16(2,3)21-11)20-15-14(13)22-17(4,5)23-15/h11-15H,6-10H2,1-5H3/t11-,12-,13+,14-,15+/m0/s1. The van der Waals surface area contributed by atoms with Crippen molar-refractivity contribution in [2.75, 3.05) is 13.2 Å². The van der Waals surface area contributed by atoms with Gasteiger partial charge in [0.25, 0.3) is 0 Å². The first kappa shape index (κ1) is 17.6. The van der Waals surface area contributed by atoms with Crippen LogP contribution in [0.25, 0.3) is 0 Å². The number of unbranched alkanes of at least 4 members (excludes halogenated alkanes) is 2. The Morgan fingerprint density at radius 3 is 2.39 bits per heavy atom. The van der Waals surface area contributed by atoms with Gasteiger partial charge in [-0.2, -0.15) is 0 Å². The molecule has 3 aliphatic rings. The van der Waals surface area contributed by atoms with Crippen LogP contribution < -0.4 is 0 Å². The molecule has 0 bridgehead atoms. The van der Waals surface area contributed by atoms with E-state index >= 15 is 0 Å². The number of ether oxygens (including phenoxy) is 6. The zero-order valence-corrected chi connectivity index (χ0v) is 14.9. The second-order valence-electron chi connectivity index (χ2n) is 7.48. The van der Waals surface area contributed by atoms with E-state index in [1.165, 1.54) is 6.42 Å². The number of fused-ring (bicyclic) bond motifs is 1. The van der Waals surface area contributed by atoms with E-state index in [0.717, 1.165) is 12.8 Å². The molecule has 3 saturated heterocycles. The Kier molecular flexibility index (Phi) is 5.03. The summed E-state index contributed by atoms with van der Waals surface area (Å²) in [7, 11) is 0. The topological polar surface area (TPSA) is 55.4 Å². The quantitative estimate of drug-likeness (QED) is 0.698. The van der Waals surface area contributed by atoms with Gasteiger partial charge in [-0.05, 0) is 34.1 Å². The van der Waals surface area contributed by atoms with Crippen LogP contribution in [0.15, 0.2) is 0 Å². The largest absolute Gasteiger partial charge is 0.372 e. The minimum atomic E-state index is -0.641. The van der Waals surface area contributed by atoms with Gasteiger partial charge in [0.15, 0.2) is 17.9 Å². The van der Waals surface area contributed by atoms with Gasteiger partial charge in [-0.15, -0.1) is 0 Å². The Morgan fingerprint density at radius 1 is 0.957 bits per heavy atom. The summed E-state index contributed by atoms with van der Waals surface area (Å²) in [6.45, 7) is 11.0. The average molecular weight is 330 g/mol. The van der Waals surface area contributed by atoms with Gasteiger partial charge in [-0.25, -0.2) is 0 Å². The molecule has 3 aliphatic heterocycles. The molecule has 5 atom stereocenters. The fraction of sp³-hybridized carbons (Fsp3) is 1.00. The summed E-state index contributed by atoms with van der Waals surface area (Å²) >= 11 is 0. The molecule has 3 rings (SSSR count). The summed E-state index contributed by atoms with van der Waals surface area (Å²) in [6, 6.07) is 0. The molecule has 0 aromatic carbocycles. The Labute approximate surface area is 138 Å². The van der Waals surface area contributed by atoms with Crippen LogP contribution in [0.1, 0.15) is 53.9 Å². The van der Waals surface area contributed by atoms with E-state index in [9.17, 15) is 0 Å². The zero-order valence-electron chi connectivity index (χ0n) is 14.9. The first-order chi connectivity index (χ1) is 10.8. The smallest absolute Gasteiger partial charge is 0.190 e. The molecular weight excluding hydrogens is 300 g/mol. The van der Waals surface area contributed by atoms with Crippen LogP contribution in [0, 0.1) is 0 Å². The highest BCUT2D eigenvalue weighted by molar-refractivity contribution is 4.98. The summed E-state index contributed by atoms with van der Waals surface area (Å²) in [5.74, 6) is -1.23. The highest BCUT2D eigenvalue weighted by atomic mass is 16.8. The Bertz CT molecular complexity index is 410. The third-order valence-electron chi connectivity index (χ3n) is 4.48. The third kappa shape index (κ3) is 3.89. The van der Waals surface area contributed by atoms with Crippen molar-refractivity contribution < 1.29 is 28.4 Å². The molecule has 0 saturated carbocycles. The summed E-state index contributed by atoms with van der Waals surface area (Å²) in [5, 5.41) is 0. The number of hydrogen-bond acceptors (Lipinski definition) is 6. The van der Waals surface area contributed by atoms with Crippen LogP contribution in [0.3, 0.4) is 0 Å². The van der Waals surface area contributed by atoms with Crippen molar-refractivity contribution in [1.29, 1.82) is 0 Å². The van der Waals surface area contributed by atoms with Gasteiger partial charge in [0, 0.05) is 6.61 Å². The molecule has 6 nitrogen and oxygen atoms in total. The van der Waals surface area contributed by atoms with E-state index in [0.29, 0.717) is 13.2 Å². The molecule has 0 aromatic heterocycles. The molecule has 23 heavy (non-hydrogen) atoms. The van der Waals surface area contributed by atoms with Crippen molar-refractivity contribution in [2.45, 2.75) is 96.2 Å². The van der Waals surface area contributed by atoms with Gasteiger partial charge in [0.2, 0.25) is 0 Å². The fourth-order valence-electron chi connectivity index (χ4n) is 3.44. The lowest BCUT2D eigenvalue weighted by atomic mass is 10.1. The van der Waals surface area contributed by atoms with Gasteiger partial charge >= 0.3 is 0 Å². The molecule has 0 aromatic rings. The molecule has 0 unspecified atom stereocenters. The summed E-state index contributed by atoms with van der Waals surface area (Å²) in [5.41, 5.74) is 0. The molecule has 3 heterocycles. The molecule has 0 spiro atoms. The van der Waals surface area contributed by atoms with Crippen LogP contribution in [0.2, 0.25) is 0 Å². The number of rotatable bonds is 6. The maximum absolute atomic E-state index is 6.14. The minimum absolute atomic E-state index is 0.165. The Balaban J connectivity index is 1.66. The van der Waals surface area contributed by atoms with E-state index < -0.39 is 17.9 Å². The molecule has 134 valence electrons. The van der Waals surface area contributed by atoms with Crippen molar-refractivity contribution in [3.8, 4) is 0 Å². The molecule has 0 N–H and O–H groups in total. The summed E-state index contributed by atoms with van der Waals surface area (Å²) < 4.78 is 35.7. The summed E-state index contributed by atoms with van der Waals surface area (Å²) in [4.78, 5) is 0. The first-order valence-electron chi connectivity index (χ1n) is 8.76. The Hall–Kier alpha value is -0.240. The lowest BCUT2D eigenvalue weighted by Crippen LogP contribution is -2.44. The lowest BCUT2D eigenvalue weighted by Gasteiger charge is -2.29. The Morgan fingerprint density at radius 2 is 1.74 bits per heavy atom. The highest BCUT2D eigenvalue weighted by Crippen LogP contribution is 2.41. The van der Waals surface area contributed by atoms with Crippen molar-refractivity contribution in [3.05, 3.63) is 0 Å². The van der Waals surface area contributed by atoms with Gasteiger partial charge in [0.1, 0.15) is 24.4 Å². The molecule has 3 fully saturated rings. The summed E-state index contributed by atoms with van der Waals surface area (Å²) in [6.07, 6.45) is 2.15. The van der Waals surface area contributed by atoms with Gasteiger partial charge in [-0.1, -0.05) is 19.8 Å². The highest BCUT2D eigenvalue weighted by Gasteiger charge is 2.58. The van der Waals surface area contributed by atoms with E-state index in [-0.39, 0.29) is 24.4 Å². The van der Waals surface area contributed by atoms with Crippen LogP contribution >= 0.6 is 0 Å². The molecular formula is C17H30O6. The zero-order chi connectivity index (χ0) is 16.7.